The molecule has 0 saturated carbocycles. The van der Waals surface area contributed by atoms with Crippen molar-refractivity contribution in [2.45, 2.75) is 26.7 Å². The summed E-state index contributed by atoms with van der Waals surface area (Å²) in [4.78, 5) is 13.9. The molecule has 1 N–H and O–H groups in total. The number of nitriles is 1. The quantitative estimate of drug-likeness (QED) is 0.357. The van der Waals surface area contributed by atoms with Crippen molar-refractivity contribution in [1.82, 2.24) is 19.5 Å². The molecule has 2 heterocycles. The Bertz CT molecular complexity index is 1440. The van der Waals surface area contributed by atoms with E-state index in [4.69, 9.17) is 5.26 Å². The van der Waals surface area contributed by atoms with Crippen molar-refractivity contribution in [3.63, 3.8) is 0 Å². The van der Waals surface area contributed by atoms with Crippen LogP contribution in [-0.2, 0) is 11.0 Å². The van der Waals surface area contributed by atoms with Gasteiger partial charge in [-0.25, -0.2) is 15.0 Å². The number of benzene rings is 2. The minimum atomic E-state index is -2.32. The second-order valence-corrected chi connectivity index (χ2v) is 11.8. The normalized spacial score (nSPS) is 11.7. The molecule has 2 aromatic carbocycles. The van der Waals surface area contributed by atoms with Crippen molar-refractivity contribution in [3.05, 3.63) is 71.3 Å². The van der Waals surface area contributed by atoms with E-state index in [1.807, 2.05) is 41.1 Å². The Hall–Kier alpha value is -3.75. The summed E-state index contributed by atoms with van der Waals surface area (Å²) < 4.78 is 14.2. The highest BCUT2D eigenvalue weighted by molar-refractivity contribution is 7.70. The van der Waals surface area contributed by atoms with Gasteiger partial charge >= 0.3 is 0 Å². The zero-order chi connectivity index (χ0) is 24.3. The molecule has 172 valence electrons. The highest BCUT2D eigenvalue weighted by atomic mass is 31.2. The van der Waals surface area contributed by atoms with Crippen molar-refractivity contribution < 1.29 is 4.57 Å². The van der Waals surface area contributed by atoms with Crippen LogP contribution in [0.1, 0.15) is 28.9 Å². The van der Waals surface area contributed by atoms with Gasteiger partial charge in [0.25, 0.3) is 0 Å². The molecule has 0 aliphatic rings. The Morgan fingerprint density at radius 3 is 2.44 bits per heavy atom. The van der Waals surface area contributed by atoms with Crippen LogP contribution in [0.4, 0.5) is 11.5 Å². The van der Waals surface area contributed by atoms with Crippen LogP contribution >= 0.6 is 7.14 Å². The maximum absolute atomic E-state index is 12.3. The van der Waals surface area contributed by atoms with Gasteiger partial charge in [-0.05, 0) is 74.2 Å². The molecule has 0 fully saturated rings. The Kier molecular flexibility index (Phi) is 6.63. The summed E-state index contributed by atoms with van der Waals surface area (Å²) >= 11 is 0. The van der Waals surface area contributed by atoms with E-state index in [9.17, 15) is 4.57 Å². The van der Waals surface area contributed by atoms with Gasteiger partial charge in [-0.2, -0.15) is 5.26 Å². The number of imidazole rings is 1. The van der Waals surface area contributed by atoms with Crippen molar-refractivity contribution in [2.24, 2.45) is 0 Å². The SMILES string of the molecule is Cc1cccc(C)c1/C=C/n1cnc2c(Nc3ccc(P(C)(C)=O)cc3)nc(CCC#N)nc21. The summed E-state index contributed by atoms with van der Waals surface area (Å²) in [6.45, 7) is 7.68. The Morgan fingerprint density at radius 2 is 1.79 bits per heavy atom. The van der Waals surface area contributed by atoms with E-state index in [1.165, 1.54) is 11.1 Å². The van der Waals surface area contributed by atoms with Crippen molar-refractivity contribution in [3.8, 4) is 6.07 Å². The molecule has 4 aromatic rings. The molecule has 0 spiro atoms. The molecule has 0 amide bonds. The first-order valence-electron chi connectivity index (χ1n) is 11.0. The lowest BCUT2D eigenvalue weighted by molar-refractivity contribution is 0.588. The number of hydrogen-bond donors (Lipinski definition) is 1. The lowest BCUT2D eigenvalue weighted by atomic mass is 10.0. The van der Waals surface area contributed by atoms with Gasteiger partial charge in [0.15, 0.2) is 17.0 Å². The third-order valence-corrected chi connectivity index (χ3v) is 7.17. The van der Waals surface area contributed by atoms with Crippen LogP contribution in [0, 0.1) is 25.2 Å². The largest absolute Gasteiger partial charge is 0.338 e. The van der Waals surface area contributed by atoms with Crippen LogP contribution in [0.2, 0.25) is 0 Å². The first kappa shape index (κ1) is 23.4. The molecule has 4 rings (SSSR count). The van der Waals surface area contributed by atoms with Gasteiger partial charge in [0.1, 0.15) is 19.3 Å². The number of anilines is 2. The van der Waals surface area contributed by atoms with E-state index in [0.29, 0.717) is 35.6 Å². The van der Waals surface area contributed by atoms with Gasteiger partial charge in [-0.15, -0.1) is 0 Å². The summed E-state index contributed by atoms with van der Waals surface area (Å²) in [6.07, 6.45) is 6.50. The average Bonchev–Trinajstić information content (AvgIpc) is 3.20. The number of rotatable bonds is 7. The van der Waals surface area contributed by atoms with Crippen molar-refractivity contribution in [2.75, 3.05) is 18.6 Å². The molecule has 0 radical (unpaired) electrons. The Labute approximate surface area is 199 Å². The van der Waals surface area contributed by atoms with Crippen LogP contribution < -0.4 is 10.6 Å². The fraction of sp³-hybridized carbons (Fsp3) is 0.231. The topological polar surface area (TPSA) is 96.5 Å². The van der Waals surface area contributed by atoms with E-state index < -0.39 is 7.14 Å². The smallest absolute Gasteiger partial charge is 0.169 e. The van der Waals surface area contributed by atoms with Gasteiger partial charge in [0.2, 0.25) is 0 Å². The molecule has 0 saturated heterocycles. The zero-order valence-electron chi connectivity index (χ0n) is 19.8. The monoisotopic (exact) mass is 470 g/mol. The first-order valence-corrected chi connectivity index (χ1v) is 13.6. The predicted octanol–water partition coefficient (Wildman–Crippen LogP) is 5.52. The van der Waals surface area contributed by atoms with Crippen LogP contribution in [0.3, 0.4) is 0 Å². The van der Waals surface area contributed by atoms with E-state index in [1.54, 1.807) is 19.7 Å². The molecule has 0 bridgehead atoms. The first-order chi connectivity index (χ1) is 16.3. The molecule has 7 nitrogen and oxygen atoms in total. The number of hydrogen-bond acceptors (Lipinski definition) is 6. The maximum Gasteiger partial charge on any atom is 0.169 e. The molecule has 0 aliphatic carbocycles. The van der Waals surface area contributed by atoms with E-state index in [2.05, 4.69) is 58.4 Å². The predicted molar refractivity (Wildman–Crippen MR) is 139 cm³/mol. The van der Waals surface area contributed by atoms with Gasteiger partial charge in [0.05, 0.1) is 6.07 Å². The van der Waals surface area contributed by atoms with Crippen LogP contribution in [0.25, 0.3) is 23.4 Å². The minimum absolute atomic E-state index is 0.328. The maximum atomic E-state index is 12.3. The fourth-order valence-corrected chi connectivity index (χ4v) is 4.59. The average molecular weight is 471 g/mol. The molecule has 2 aromatic heterocycles. The van der Waals surface area contributed by atoms with Gasteiger partial charge in [-0.1, -0.05) is 18.2 Å². The highest BCUT2D eigenvalue weighted by Crippen LogP contribution is 2.35. The number of nitrogens with one attached hydrogen (secondary N) is 1. The Morgan fingerprint density at radius 1 is 1.09 bits per heavy atom. The zero-order valence-corrected chi connectivity index (χ0v) is 20.7. The molecular formula is C26H27N6OP. The summed E-state index contributed by atoms with van der Waals surface area (Å²) in [5, 5.41) is 13.2. The van der Waals surface area contributed by atoms with Crippen molar-refractivity contribution in [1.29, 1.82) is 5.26 Å². The van der Waals surface area contributed by atoms with E-state index in [-0.39, 0.29) is 0 Å². The number of aryl methyl sites for hydroxylation is 3. The molecular weight excluding hydrogens is 443 g/mol. The highest BCUT2D eigenvalue weighted by Gasteiger charge is 2.14. The minimum Gasteiger partial charge on any atom is -0.338 e. The van der Waals surface area contributed by atoms with Crippen LogP contribution in [-0.4, -0.2) is 32.8 Å². The van der Waals surface area contributed by atoms with Gasteiger partial charge in [-0.3, -0.25) is 4.57 Å². The second-order valence-electron chi connectivity index (χ2n) is 8.61. The van der Waals surface area contributed by atoms with Crippen LogP contribution in [0.15, 0.2) is 48.8 Å². The lowest BCUT2D eigenvalue weighted by Gasteiger charge is -2.11. The fourth-order valence-electron chi connectivity index (χ4n) is 3.72. The molecule has 0 unspecified atom stereocenters. The second kappa shape index (κ2) is 9.62. The lowest BCUT2D eigenvalue weighted by Crippen LogP contribution is -2.05. The number of fused-ring (bicyclic) bond motifs is 1. The third-order valence-electron chi connectivity index (χ3n) is 5.62. The Balaban J connectivity index is 1.73. The molecule has 0 aliphatic heterocycles. The summed E-state index contributed by atoms with van der Waals surface area (Å²) in [7, 11) is -2.32. The summed E-state index contributed by atoms with van der Waals surface area (Å²) in [6, 6.07) is 15.9. The molecule has 0 atom stereocenters. The summed E-state index contributed by atoms with van der Waals surface area (Å²) in [5.74, 6) is 1.14. The molecule has 34 heavy (non-hydrogen) atoms. The van der Waals surface area contributed by atoms with Gasteiger partial charge in [0, 0.05) is 30.0 Å². The number of nitrogens with zero attached hydrogens (tertiary/aromatic N) is 5. The van der Waals surface area contributed by atoms with E-state index in [0.717, 1.165) is 16.6 Å². The summed E-state index contributed by atoms with van der Waals surface area (Å²) in [5.41, 5.74) is 5.65. The van der Waals surface area contributed by atoms with Crippen molar-refractivity contribution >= 4 is 47.4 Å². The van der Waals surface area contributed by atoms with Gasteiger partial charge < -0.3 is 9.88 Å². The van der Waals surface area contributed by atoms with E-state index >= 15 is 0 Å². The standard InChI is InChI=1S/C26H27N6OP/c1-18-7-5-8-19(2)22(18)14-16-32-17-28-24-25(30-23(9-6-15-27)31-26(24)32)29-20-10-12-21(13-11-20)34(3,4)33/h5,7-8,10-14,16-17H,6,9H2,1-4H3,(H,29,30,31)/b16-14+. The molecule has 8 heteroatoms. The van der Waals surface area contributed by atoms with Crippen LogP contribution in [0.5, 0.6) is 0 Å². The third kappa shape index (κ3) is 5.08. The number of aromatic nitrogens is 4.